The first-order valence-electron chi connectivity index (χ1n) is 6.46. The van der Waals surface area contributed by atoms with Gasteiger partial charge >= 0.3 is 0 Å². The molecule has 0 aliphatic heterocycles. The van der Waals surface area contributed by atoms with E-state index in [9.17, 15) is 0 Å². The number of allylic oxidation sites excluding steroid dienone is 1. The van der Waals surface area contributed by atoms with E-state index in [-0.39, 0.29) is 0 Å². The summed E-state index contributed by atoms with van der Waals surface area (Å²) in [5.74, 6) is 0. The summed E-state index contributed by atoms with van der Waals surface area (Å²) in [7, 11) is 1.60. The van der Waals surface area contributed by atoms with Crippen LogP contribution in [0.1, 0.15) is 12.5 Å². The van der Waals surface area contributed by atoms with Crippen LogP contribution in [0, 0.1) is 0 Å². The van der Waals surface area contributed by atoms with Crippen LogP contribution in [0.3, 0.4) is 0 Å². The molecule has 20 heavy (non-hydrogen) atoms. The van der Waals surface area contributed by atoms with Gasteiger partial charge in [-0.05, 0) is 30.7 Å². The predicted molar refractivity (Wildman–Crippen MR) is 83.8 cm³/mol. The molecule has 0 atom stereocenters. The molecule has 102 valence electrons. The summed E-state index contributed by atoms with van der Waals surface area (Å²) in [5.41, 5.74) is 6.67. The lowest BCUT2D eigenvalue weighted by atomic mass is 10.1. The summed E-state index contributed by atoms with van der Waals surface area (Å²) in [6, 6.07) is 19.9. The van der Waals surface area contributed by atoms with Crippen LogP contribution < -0.4 is 5.48 Å². The highest BCUT2D eigenvalue weighted by atomic mass is 16.6. The minimum atomic E-state index is 0.880. The molecular weight excluding hydrogens is 248 g/mol. The molecule has 0 aromatic heterocycles. The third kappa shape index (κ3) is 4.07. The van der Waals surface area contributed by atoms with Gasteiger partial charge in [0.25, 0.3) is 0 Å². The molecule has 0 saturated carbocycles. The maximum absolute atomic E-state index is 5.04. The smallest absolute Gasteiger partial charge is 0.0694 e. The van der Waals surface area contributed by atoms with Crippen molar-refractivity contribution >= 4 is 17.1 Å². The van der Waals surface area contributed by atoms with Gasteiger partial charge in [0, 0.05) is 5.71 Å². The van der Waals surface area contributed by atoms with Gasteiger partial charge < -0.3 is 0 Å². The van der Waals surface area contributed by atoms with Crippen molar-refractivity contribution in [2.45, 2.75) is 6.92 Å². The lowest BCUT2D eigenvalue weighted by molar-refractivity contribution is 0.136. The Kier molecular flexibility index (Phi) is 5.09. The molecule has 0 radical (unpaired) electrons. The Hall–Kier alpha value is -2.39. The zero-order valence-electron chi connectivity index (χ0n) is 11.7. The molecule has 2 rings (SSSR count). The Bertz CT molecular complexity index is 589. The van der Waals surface area contributed by atoms with E-state index in [0.29, 0.717) is 0 Å². The molecule has 0 aliphatic carbocycles. The standard InChI is InChI=1S/C17H18N2O/c1-14(18-16-11-7-4-8-12-16)13-17(19-20-2)15-9-5-3-6-10-15/h3-13,19H,1-2H3/b17-13-,18-14+. The quantitative estimate of drug-likeness (QED) is 0.656. The number of nitrogens with one attached hydrogen (secondary N) is 1. The van der Waals surface area contributed by atoms with E-state index >= 15 is 0 Å². The average molecular weight is 266 g/mol. The van der Waals surface area contributed by atoms with Crippen molar-refractivity contribution in [1.82, 2.24) is 5.48 Å². The topological polar surface area (TPSA) is 33.6 Å². The molecule has 0 amide bonds. The SMILES string of the molecule is CON/C(=C\C(C)=N\c1ccccc1)c1ccccc1. The van der Waals surface area contributed by atoms with Crippen molar-refractivity contribution in [3.05, 3.63) is 72.3 Å². The van der Waals surface area contributed by atoms with E-state index in [4.69, 9.17) is 4.84 Å². The number of benzene rings is 2. The fraction of sp³-hybridized carbons (Fsp3) is 0.118. The van der Waals surface area contributed by atoms with Crippen LogP contribution >= 0.6 is 0 Å². The van der Waals surface area contributed by atoms with Crippen molar-refractivity contribution in [2.75, 3.05) is 7.11 Å². The number of rotatable bonds is 5. The fourth-order valence-corrected chi connectivity index (χ4v) is 1.85. The highest BCUT2D eigenvalue weighted by molar-refractivity contribution is 6.00. The Balaban J connectivity index is 2.27. The zero-order valence-corrected chi connectivity index (χ0v) is 11.7. The molecule has 0 heterocycles. The molecule has 0 aliphatic rings. The lowest BCUT2D eigenvalue weighted by Gasteiger charge is -2.09. The van der Waals surface area contributed by atoms with Crippen LogP contribution in [0.5, 0.6) is 0 Å². The molecule has 2 aromatic carbocycles. The zero-order chi connectivity index (χ0) is 14.2. The van der Waals surface area contributed by atoms with Gasteiger partial charge in [-0.3, -0.25) is 15.3 Å². The summed E-state index contributed by atoms with van der Waals surface area (Å²) in [6.07, 6.45) is 1.96. The molecule has 3 nitrogen and oxygen atoms in total. The van der Waals surface area contributed by atoms with E-state index in [0.717, 1.165) is 22.7 Å². The average Bonchev–Trinajstić information content (AvgIpc) is 2.49. The number of hydrogen-bond acceptors (Lipinski definition) is 3. The number of hydrogen-bond donors (Lipinski definition) is 1. The summed E-state index contributed by atoms with van der Waals surface area (Å²) in [4.78, 5) is 9.59. The van der Waals surface area contributed by atoms with E-state index < -0.39 is 0 Å². The van der Waals surface area contributed by atoms with E-state index in [1.807, 2.05) is 73.7 Å². The Morgan fingerprint density at radius 1 is 1.00 bits per heavy atom. The Labute approximate surface area is 119 Å². The first-order valence-corrected chi connectivity index (χ1v) is 6.46. The minimum absolute atomic E-state index is 0.880. The monoisotopic (exact) mass is 266 g/mol. The van der Waals surface area contributed by atoms with Gasteiger partial charge in [0.1, 0.15) is 0 Å². The molecule has 3 heteroatoms. The number of aliphatic imine (C=N–C) groups is 1. The third-order valence-electron chi connectivity index (χ3n) is 2.71. The van der Waals surface area contributed by atoms with Gasteiger partial charge in [-0.1, -0.05) is 48.5 Å². The fourth-order valence-electron chi connectivity index (χ4n) is 1.85. The van der Waals surface area contributed by atoms with E-state index in [2.05, 4.69) is 10.5 Å². The summed E-state index contributed by atoms with van der Waals surface area (Å²) in [6.45, 7) is 1.97. The van der Waals surface area contributed by atoms with Crippen LogP contribution in [-0.4, -0.2) is 12.8 Å². The number of hydroxylamine groups is 1. The summed E-state index contributed by atoms with van der Waals surface area (Å²) < 4.78 is 0. The first-order chi connectivity index (χ1) is 9.79. The molecule has 0 fully saturated rings. The van der Waals surface area contributed by atoms with Crippen LogP contribution in [0.15, 0.2) is 71.7 Å². The van der Waals surface area contributed by atoms with Gasteiger partial charge in [0.05, 0.1) is 18.5 Å². The molecule has 0 bridgehead atoms. The summed E-state index contributed by atoms with van der Waals surface area (Å²) >= 11 is 0. The van der Waals surface area contributed by atoms with Gasteiger partial charge in [-0.25, -0.2) is 0 Å². The van der Waals surface area contributed by atoms with Crippen molar-refractivity contribution in [3.8, 4) is 0 Å². The van der Waals surface area contributed by atoms with E-state index in [1.54, 1.807) is 7.11 Å². The van der Waals surface area contributed by atoms with Crippen LogP contribution in [0.2, 0.25) is 0 Å². The third-order valence-corrected chi connectivity index (χ3v) is 2.71. The van der Waals surface area contributed by atoms with Crippen LogP contribution in [0.25, 0.3) is 5.70 Å². The van der Waals surface area contributed by atoms with Crippen molar-refractivity contribution < 1.29 is 4.84 Å². The molecular formula is C17H18N2O. The Morgan fingerprint density at radius 2 is 1.60 bits per heavy atom. The van der Waals surface area contributed by atoms with Gasteiger partial charge in [-0.2, -0.15) is 0 Å². The number of nitrogens with zero attached hydrogens (tertiary/aromatic N) is 1. The predicted octanol–water partition coefficient (Wildman–Crippen LogP) is 3.97. The van der Waals surface area contributed by atoms with Crippen molar-refractivity contribution in [1.29, 1.82) is 0 Å². The van der Waals surface area contributed by atoms with Crippen LogP contribution in [-0.2, 0) is 4.84 Å². The molecule has 0 spiro atoms. The number of para-hydroxylation sites is 1. The van der Waals surface area contributed by atoms with Crippen LogP contribution in [0.4, 0.5) is 5.69 Å². The largest absolute Gasteiger partial charge is 0.279 e. The molecule has 2 aromatic rings. The molecule has 0 saturated heterocycles. The first kappa shape index (κ1) is 14.0. The molecule has 1 N–H and O–H groups in total. The van der Waals surface area contributed by atoms with Gasteiger partial charge in [0.2, 0.25) is 0 Å². The van der Waals surface area contributed by atoms with Gasteiger partial charge in [-0.15, -0.1) is 0 Å². The second kappa shape index (κ2) is 7.26. The van der Waals surface area contributed by atoms with Crippen molar-refractivity contribution in [2.24, 2.45) is 4.99 Å². The Morgan fingerprint density at radius 3 is 2.20 bits per heavy atom. The minimum Gasteiger partial charge on any atom is -0.279 e. The second-order valence-corrected chi connectivity index (χ2v) is 4.32. The van der Waals surface area contributed by atoms with Gasteiger partial charge in [0.15, 0.2) is 0 Å². The van der Waals surface area contributed by atoms with E-state index in [1.165, 1.54) is 0 Å². The molecule has 0 unspecified atom stereocenters. The lowest BCUT2D eigenvalue weighted by Crippen LogP contribution is -2.11. The van der Waals surface area contributed by atoms with Crippen molar-refractivity contribution in [3.63, 3.8) is 0 Å². The normalized spacial score (nSPS) is 12.3. The maximum atomic E-state index is 5.04. The maximum Gasteiger partial charge on any atom is 0.0694 e. The highest BCUT2D eigenvalue weighted by Crippen LogP contribution is 2.14. The highest BCUT2D eigenvalue weighted by Gasteiger charge is 2.00. The summed E-state index contributed by atoms with van der Waals surface area (Å²) in [5, 5.41) is 0. The second-order valence-electron chi connectivity index (χ2n) is 4.32.